The molecular weight excluding hydrogens is 540 g/mol. The van der Waals surface area contributed by atoms with Crippen LogP contribution < -0.4 is 9.64 Å². The molecule has 2 aromatic heterocycles. The van der Waals surface area contributed by atoms with Crippen LogP contribution in [0.15, 0.2) is 28.5 Å². The van der Waals surface area contributed by atoms with Gasteiger partial charge < -0.3 is 9.64 Å². The first-order valence-corrected chi connectivity index (χ1v) is 15.2. The molecule has 1 amide bonds. The normalized spacial score (nSPS) is 15.6. The first kappa shape index (κ1) is 27.3. The summed E-state index contributed by atoms with van der Waals surface area (Å²) in [6.45, 7) is 4.01. The maximum absolute atomic E-state index is 13.8. The second-order valence-electron chi connectivity index (χ2n) is 9.14. The highest BCUT2D eigenvalue weighted by atomic mass is 35.5. The van der Waals surface area contributed by atoms with Gasteiger partial charge in [0.25, 0.3) is 10.0 Å². The number of sulfonamides is 1. The van der Waals surface area contributed by atoms with Crippen molar-refractivity contribution in [2.75, 3.05) is 52.3 Å². The summed E-state index contributed by atoms with van der Waals surface area (Å²) < 4.78 is 34.6. The Morgan fingerprint density at radius 1 is 1.17 bits per heavy atom. The third-order valence-corrected chi connectivity index (χ3v) is 11.2. The molecule has 1 aliphatic heterocycles. The van der Waals surface area contributed by atoms with Crippen molar-refractivity contribution < 1.29 is 17.9 Å². The fourth-order valence-electron chi connectivity index (χ4n) is 4.35. The van der Waals surface area contributed by atoms with Crippen molar-refractivity contribution >= 4 is 65.6 Å². The number of carbonyl (C=O) groups is 1. The molecule has 0 atom stereocenters. The van der Waals surface area contributed by atoms with Crippen LogP contribution in [0.5, 0.6) is 5.75 Å². The summed E-state index contributed by atoms with van der Waals surface area (Å²) in [4.78, 5) is 22.5. The summed E-state index contributed by atoms with van der Waals surface area (Å²) in [6, 6.07) is 7.03. The number of benzene rings is 1. The van der Waals surface area contributed by atoms with E-state index in [1.54, 1.807) is 18.1 Å². The number of ether oxygens (including phenoxy) is 1. The number of carbonyl (C=O) groups excluding carboxylic acids is 1. The lowest BCUT2D eigenvalue weighted by Gasteiger charge is -2.32. The molecule has 0 saturated carbocycles. The van der Waals surface area contributed by atoms with Crippen LogP contribution in [0.1, 0.15) is 24.8 Å². The van der Waals surface area contributed by atoms with E-state index in [1.165, 1.54) is 21.7 Å². The summed E-state index contributed by atoms with van der Waals surface area (Å²) >= 11 is 8.51. The molecule has 3 heterocycles. The van der Waals surface area contributed by atoms with Gasteiger partial charge in [-0.15, -0.1) is 11.3 Å². The van der Waals surface area contributed by atoms with E-state index in [4.69, 9.17) is 21.3 Å². The number of halogens is 1. The first-order chi connectivity index (χ1) is 17.1. The molecule has 0 N–H and O–H groups in total. The molecule has 0 unspecified atom stereocenters. The number of thiophene rings is 1. The minimum Gasteiger partial charge on any atom is -0.494 e. The van der Waals surface area contributed by atoms with Gasteiger partial charge >= 0.3 is 0 Å². The highest BCUT2D eigenvalue weighted by Crippen LogP contribution is 2.38. The molecule has 0 spiro atoms. The lowest BCUT2D eigenvalue weighted by Crippen LogP contribution is -2.45. The van der Waals surface area contributed by atoms with Crippen LogP contribution in [0.3, 0.4) is 0 Å². The van der Waals surface area contributed by atoms with Gasteiger partial charge in [-0.05, 0) is 70.6 Å². The summed E-state index contributed by atoms with van der Waals surface area (Å²) in [5, 5.41) is 0.657. The average Bonchev–Trinajstić information content (AvgIpc) is 3.49. The Bertz CT molecular complexity index is 1330. The van der Waals surface area contributed by atoms with Crippen LogP contribution in [-0.2, 0) is 14.8 Å². The Morgan fingerprint density at radius 2 is 1.89 bits per heavy atom. The first-order valence-electron chi connectivity index (χ1n) is 11.8. The van der Waals surface area contributed by atoms with Crippen LogP contribution in [0, 0.1) is 12.8 Å². The van der Waals surface area contributed by atoms with Crippen LogP contribution in [-0.4, -0.2) is 75.9 Å². The van der Waals surface area contributed by atoms with Gasteiger partial charge in [0.15, 0.2) is 5.13 Å². The van der Waals surface area contributed by atoms with Gasteiger partial charge in [0.1, 0.15) is 15.5 Å². The number of rotatable bonds is 9. The lowest BCUT2D eigenvalue weighted by molar-refractivity contribution is -0.123. The monoisotopic (exact) mass is 570 g/mol. The standard InChI is InChI=1S/C24H31ClN4O4S3/c1-16-6-7-18(33-4)21-22(16)35-24(26-21)29(13-5-12-27(2)3)23(30)17-10-14-28(15-11-17)36(31,32)20-9-8-19(25)34-20/h6-9,17H,5,10-15H2,1-4H3. The lowest BCUT2D eigenvalue weighted by atomic mass is 9.96. The SMILES string of the molecule is COc1ccc(C)c2sc(N(CCCN(C)C)C(=O)C3CCN(S(=O)(=O)c4ccc(Cl)s4)CC3)nc12. The number of hydrogen-bond donors (Lipinski definition) is 0. The average molecular weight is 571 g/mol. The molecule has 1 saturated heterocycles. The Balaban J connectivity index is 1.54. The van der Waals surface area contributed by atoms with Crippen molar-refractivity contribution in [2.24, 2.45) is 5.92 Å². The minimum atomic E-state index is -3.60. The van der Waals surface area contributed by atoms with E-state index < -0.39 is 10.0 Å². The smallest absolute Gasteiger partial charge is 0.252 e. The number of nitrogens with zero attached hydrogens (tertiary/aromatic N) is 4. The highest BCUT2D eigenvalue weighted by Gasteiger charge is 2.35. The molecule has 0 bridgehead atoms. The molecule has 196 valence electrons. The number of methoxy groups -OCH3 is 1. The zero-order valence-corrected chi connectivity index (χ0v) is 24.1. The maximum Gasteiger partial charge on any atom is 0.252 e. The van der Waals surface area contributed by atoms with Gasteiger partial charge in [0.2, 0.25) is 5.91 Å². The molecule has 0 aliphatic carbocycles. The predicted molar refractivity (Wildman–Crippen MR) is 147 cm³/mol. The number of piperidine rings is 1. The third-order valence-electron chi connectivity index (χ3n) is 6.34. The van der Waals surface area contributed by atoms with Crippen LogP contribution in [0.25, 0.3) is 10.2 Å². The number of thiazole rings is 1. The second kappa shape index (κ2) is 11.3. The van der Waals surface area contributed by atoms with Crippen LogP contribution >= 0.6 is 34.3 Å². The fraction of sp³-hybridized carbons (Fsp3) is 0.500. The number of amides is 1. The number of hydrogen-bond acceptors (Lipinski definition) is 8. The molecule has 1 aromatic carbocycles. The summed E-state index contributed by atoms with van der Waals surface area (Å²) in [7, 11) is 2.03. The van der Waals surface area contributed by atoms with Gasteiger partial charge in [-0.1, -0.05) is 29.0 Å². The predicted octanol–water partition coefficient (Wildman–Crippen LogP) is 4.71. The number of anilines is 1. The van der Waals surface area contributed by atoms with E-state index in [0.717, 1.165) is 40.1 Å². The second-order valence-corrected chi connectivity index (χ2v) is 14.0. The van der Waals surface area contributed by atoms with Crippen molar-refractivity contribution in [1.82, 2.24) is 14.2 Å². The van der Waals surface area contributed by atoms with E-state index in [9.17, 15) is 13.2 Å². The molecule has 36 heavy (non-hydrogen) atoms. The number of aromatic nitrogens is 1. The van der Waals surface area contributed by atoms with Crippen molar-refractivity contribution in [3.8, 4) is 5.75 Å². The summed E-state index contributed by atoms with van der Waals surface area (Å²) in [5.74, 6) is 0.421. The molecule has 4 rings (SSSR count). The summed E-state index contributed by atoms with van der Waals surface area (Å²) in [6.07, 6.45) is 1.74. The van der Waals surface area contributed by atoms with E-state index in [2.05, 4.69) is 4.90 Å². The zero-order chi connectivity index (χ0) is 26.0. The van der Waals surface area contributed by atoms with Crippen LogP contribution in [0.2, 0.25) is 4.34 Å². The largest absolute Gasteiger partial charge is 0.494 e. The highest BCUT2D eigenvalue weighted by molar-refractivity contribution is 7.91. The fourth-order valence-corrected chi connectivity index (χ4v) is 8.54. The van der Waals surface area contributed by atoms with Crippen LogP contribution in [0.4, 0.5) is 5.13 Å². The van der Waals surface area contributed by atoms with E-state index >= 15 is 0 Å². The number of aryl methyl sites for hydroxylation is 1. The van der Waals surface area contributed by atoms with Gasteiger partial charge in [-0.2, -0.15) is 4.31 Å². The Hall–Kier alpha value is -1.76. The molecule has 3 aromatic rings. The Morgan fingerprint density at radius 3 is 2.50 bits per heavy atom. The van der Waals surface area contributed by atoms with Gasteiger partial charge in [0.05, 0.1) is 16.1 Å². The minimum absolute atomic E-state index is 0.000600. The topological polar surface area (TPSA) is 83.0 Å². The third kappa shape index (κ3) is 5.71. The maximum atomic E-state index is 13.8. The quantitative estimate of drug-likeness (QED) is 0.370. The van der Waals surface area contributed by atoms with E-state index in [1.807, 2.05) is 33.2 Å². The molecule has 12 heteroatoms. The molecule has 1 fully saturated rings. The van der Waals surface area contributed by atoms with Crippen molar-refractivity contribution in [2.45, 2.75) is 30.4 Å². The number of fused-ring (bicyclic) bond motifs is 1. The molecular formula is C24H31ClN4O4S3. The van der Waals surface area contributed by atoms with Gasteiger partial charge in [0, 0.05) is 25.6 Å². The van der Waals surface area contributed by atoms with Gasteiger partial charge in [-0.3, -0.25) is 9.69 Å². The molecule has 0 radical (unpaired) electrons. The Labute approximate surface area is 225 Å². The summed E-state index contributed by atoms with van der Waals surface area (Å²) in [5.41, 5.74) is 1.85. The van der Waals surface area contributed by atoms with E-state index in [0.29, 0.717) is 47.7 Å². The van der Waals surface area contributed by atoms with Crippen molar-refractivity contribution in [3.63, 3.8) is 0 Å². The van der Waals surface area contributed by atoms with Crippen molar-refractivity contribution in [3.05, 3.63) is 34.2 Å². The molecule has 1 aliphatic rings. The van der Waals surface area contributed by atoms with Crippen molar-refractivity contribution in [1.29, 1.82) is 0 Å². The molecule has 8 nitrogen and oxygen atoms in total. The van der Waals surface area contributed by atoms with E-state index in [-0.39, 0.29) is 16.0 Å². The Kier molecular flexibility index (Phi) is 8.58. The van der Waals surface area contributed by atoms with Gasteiger partial charge in [-0.25, -0.2) is 13.4 Å². The zero-order valence-electron chi connectivity index (χ0n) is 20.9.